The highest BCUT2D eigenvalue weighted by molar-refractivity contribution is 8.03. The number of thioether (sulfide) groups is 1. The second-order valence-electron chi connectivity index (χ2n) is 18.7. The van der Waals surface area contributed by atoms with Gasteiger partial charge >= 0.3 is 5.97 Å². The summed E-state index contributed by atoms with van der Waals surface area (Å²) in [4.78, 5) is 72.6. The van der Waals surface area contributed by atoms with E-state index in [9.17, 15) is 75.9 Å². The first-order valence-electron chi connectivity index (χ1n) is 23.6. The van der Waals surface area contributed by atoms with Crippen LogP contribution in [0.25, 0.3) is 0 Å². The molecule has 3 aliphatic heterocycles. The van der Waals surface area contributed by atoms with Gasteiger partial charge in [0.1, 0.15) is 12.0 Å². The van der Waals surface area contributed by atoms with E-state index in [4.69, 9.17) is 4.84 Å². The molecule has 23 nitrogen and oxygen atoms in total. The van der Waals surface area contributed by atoms with Crippen LogP contribution < -0.4 is 15.5 Å². The molecular weight excluding hydrogens is 1080 g/mol. The van der Waals surface area contributed by atoms with Gasteiger partial charge in [0.05, 0.1) is 38.3 Å². The SMILES string of the molecule is CC1(C)C(/C=C/C2=CC(=C/C=C3\Sc4ccccc4N3CCCS(=O)(=O)O)/CC(C(=O)NCCCCCC(=O)ON3C(=O)CCC3=O)(C(=O)NCCS(=O)(=O)O)C2)=[N+](CCCS(=O)(=O)O)c2ccc(S(=O)(=O)O)cc21. The Balaban J connectivity index is 1.38. The molecule has 6 rings (SSSR count). The van der Waals surface area contributed by atoms with Gasteiger partial charge in [0.2, 0.25) is 17.5 Å². The summed E-state index contributed by atoms with van der Waals surface area (Å²) in [7, 11) is -17.9. The Morgan fingerprint density at radius 2 is 1.40 bits per heavy atom. The second kappa shape index (κ2) is 23.7. The third-order valence-electron chi connectivity index (χ3n) is 12.7. The number of nitrogens with one attached hydrogen (secondary N) is 2. The Labute approximate surface area is 439 Å². The van der Waals surface area contributed by atoms with Gasteiger partial charge in [-0.1, -0.05) is 48.5 Å². The van der Waals surface area contributed by atoms with Crippen LogP contribution in [0.3, 0.4) is 0 Å². The molecule has 2 aromatic carbocycles. The van der Waals surface area contributed by atoms with E-state index in [1.54, 1.807) is 54.9 Å². The van der Waals surface area contributed by atoms with Crippen LogP contribution in [0.5, 0.6) is 0 Å². The number of allylic oxidation sites excluding steroid dienone is 7. The molecule has 1 aliphatic carbocycles. The van der Waals surface area contributed by atoms with E-state index in [1.165, 1.54) is 30.0 Å². The fourth-order valence-corrected chi connectivity index (χ4v) is 12.0. The molecule has 1 unspecified atom stereocenters. The summed E-state index contributed by atoms with van der Waals surface area (Å²) >= 11 is 1.36. The Hall–Kier alpha value is -5.59. The minimum Gasteiger partial charge on any atom is -0.355 e. The molecule has 0 aromatic heterocycles. The quantitative estimate of drug-likeness (QED) is 0.0286. The van der Waals surface area contributed by atoms with Gasteiger partial charge in [-0.05, 0) is 87.4 Å². The Kier molecular flexibility index (Phi) is 18.6. The smallest absolute Gasteiger partial charge is 0.333 e. The van der Waals surface area contributed by atoms with Crippen molar-refractivity contribution in [3.8, 4) is 0 Å². The molecular formula is C47H58N5O18S5+. The fourth-order valence-electron chi connectivity index (χ4n) is 9.09. The van der Waals surface area contributed by atoms with Crippen molar-refractivity contribution in [1.29, 1.82) is 0 Å². The summed E-state index contributed by atoms with van der Waals surface area (Å²) < 4.78 is 135. The number of benzene rings is 2. The third-order valence-corrected chi connectivity index (χ3v) is 17.0. The summed E-state index contributed by atoms with van der Waals surface area (Å²) in [6, 6.07) is 11.2. The van der Waals surface area contributed by atoms with Crippen LogP contribution in [-0.2, 0) is 74.7 Å². The largest absolute Gasteiger partial charge is 0.355 e. The number of hydrogen-bond donors (Lipinski definition) is 6. The van der Waals surface area contributed by atoms with Gasteiger partial charge in [0.15, 0.2) is 5.71 Å². The van der Waals surface area contributed by atoms with E-state index in [0.717, 1.165) is 10.6 Å². The third kappa shape index (κ3) is 15.5. The predicted octanol–water partition coefficient (Wildman–Crippen LogP) is 3.80. The molecule has 0 radical (unpaired) electrons. The van der Waals surface area contributed by atoms with Gasteiger partial charge in [0.25, 0.3) is 52.3 Å². The van der Waals surface area contributed by atoms with Crippen molar-refractivity contribution in [1.82, 2.24) is 15.7 Å². The zero-order valence-electron chi connectivity index (χ0n) is 40.8. The van der Waals surface area contributed by atoms with Crippen LogP contribution in [0.4, 0.5) is 11.4 Å². The minimum atomic E-state index is -4.67. The predicted molar refractivity (Wildman–Crippen MR) is 274 cm³/mol. The highest BCUT2D eigenvalue weighted by Crippen LogP contribution is 2.47. The molecule has 6 N–H and O–H groups in total. The normalized spacial score (nSPS) is 20.0. The number of hydrogen-bond acceptors (Lipinski definition) is 16. The maximum Gasteiger partial charge on any atom is 0.333 e. The van der Waals surface area contributed by atoms with Gasteiger partial charge in [-0.2, -0.15) is 38.2 Å². The minimum absolute atomic E-state index is 0.00116. The van der Waals surface area contributed by atoms with Gasteiger partial charge in [-0.25, -0.2) is 4.79 Å². The maximum absolute atomic E-state index is 14.7. The number of fused-ring (bicyclic) bond motifs is 2. The van der Waals surface area contributed by atoms with E-state index in [0.29, 0.717) is 44.6 Å². The van der Waals surface area contributed by atoms with Gasteiger partial charge in [-0.15, -0.1) is 5.06 Å². The number of hydroxylamine groups is 2. The summed E-state index contributed by atoms with van der Waals surface area (Å²) in [5.74, 6) is -5.76. The maximum atomic E-state index is 14.7. The molecule has 1 saturated heterocycles. The van der Waals surface area contributed by atoms with Crippen LogP contribution in [0.15, 0.2) is 98.8 Å². The number of para-hydroxylation sites is 1. The molecule has 4 amide bonds. The molecule has 1 atom stereocenters. The molecule has 3 heterocycles. The van der Waals surface area contributed by atoms with Crippen LogP contribution in [0, 0.1) is 5.41 Å². The molecule has 28 heteroatoms. The summed E-state index contributed by atoms with van der Waals surface area (Å²) in [5, 5.41) is 6.36. The molecule has 75 heavy (non-hydrogen) atoms. The van der Waals surface area contributed by atoms with E-state index < -0.39 is 110 Å². The zero-order valence-corrected chi connectivity index (χ0v) is 44.9. The van der Waals surface area contributed by atoms with Crippen molar-refractivity contribution in [2.45, 2.75) is 93.3 Å². The van der Waals surface area contributed by atoms with E-state index in [-0.39, 0.29) is 77.4 Å². The van der Waals surface area contributed by atoms with Crippen LogP contribution in [0.1, 0.15) is 83.6 Å². The highest BCUT2D eigenvalue weighted by Gasteiger charge is 2.49. The molecule has 0 bridgehead atoms. The van der Waals surface area contributed by atoms with Gasteiger partial charge in [-0.3, -0.25) is 37.4 Å². The number of carbonyl (C=O) groups excluding carboxylic acids is 5. The highest BCUT2D eigenvalue weighted by atomic mass is 32.2. The topological polar surface area (TPSA) is 346 Å². The fraction of sp³-hybridized carbons (Fsp3) is 0.447. The Bertz CT molecular complexity index is 3240. The van der Waals surface area contributed by atoms with Gasteiger partial charge in [0, 0.05) is 67.9 Å². The summed E-state index contributed by atoms with van der Waals surface area (Å²) in [6.45, 7) is 3.09. The first kappa shape index (κ1) is 58.7. The van der Waals surface area contributed by atoms with Crippen molar-refractivity contribution in [3.05, 3.63) is 94.6 Å². The molecule has 0 spiro atoms. The lowest BCUT2D eigenvalue weighted by Crippen LogP contribution is -2.53. The van der Waals surface area contributed by atoms with Crippen molar-refractivity contribution >= 4 is 98.9 Å². The monoisotopic (exact) mass is 1140 g/mol. The number of imide groups is 1. The Morgan fingerprint density at radius 3 is 2.05 bits per heavy atom. The van der Waals surface area contributed by atoms with Gasteiger partial charge < -0.3 is 20.4 Å². The second-order valence-corrected chi connectivity index (χ2v) is 25.9. The lowest BCUT2D eigenvalue weighted by molar-refractivity contribution is -0.437. The lowest BCUT2D eigenvalue weighted by atomic mass is 9.70. The molecule has 408 valence electrons. The molecule has 2 aromatic rings. The number of carbonyl (C=O) groups is 5. The Morgan fingerprint density at radius 1 is 0.760 bits per heavy atom. The summed E-state index contributed by atoms with van der Waals surface area (Å²) in [5.41, 5.74) is -0.160. The average Bonchev–Trinajstić information content (AvgIpc) is 3.90. The first-order chi connectivity index (χ1) is 35.0. The zero-order chi connectivity index (χ0) is 55.1. The van der Waals surface area contributed by atoms with E-state index in [2.05, 4.69) is 10.6 Å². The molecule has 4 aliphatic rings. The van der Waals surface area contributed by atoms with Crippen molar-refractivity contribution in [2.24, 2.45) is 5.41 Å². The lowest BCUT2D eigenvalue weighted by Gasteiger charge is -2.35. The summed E-state index contributed by atoms with van der Waals surface area (Å²) in [6.07, 6.45) is 8.32. The number of nitrogens with zero attached hydrogens (tertiary/aromatic N) is 3. The number of anilines is 1. The van der Waals surface area contributed by atoms with Crippen molar-refractivity contribution in [3.63, 3.8) is 0 Å². The molecule has 1 fully saturated rings. The average molecular weight is 1140 g/mol. The first-order valence-corrected chi connectivity index (χ1v) is 30.7. The molecule has 0 saturated carbocycles. The van der Waals surface area contributed by atoms with Crippen molar-refractivity contribution in [2.75, 3.05) is 48.3 Å². The van der Waals surface area contributed by atoms with Crippen LogP contribution in [-0.4, -0.2) is 140 Å². The van der Waals surface area contributed by atoms with Crippen molar-refractivity contribution < 1.29 is 85.3 Å². The number of rotatable bonds is 24. The van der Waals surface area contributed by atoms with Crippen LogP contribution in [0.2, 0.25) is 0 Å². The van der Waals surface area contributed by atoms with E-state index in [1.807, 2.05) is 23.1 Å². The number of amides is 4. The van der Waals surface area contributed by atoms with Crippen LogP contribution >= 0.6 is 11.8 Å². The standard InChI is InChI=1S/C47H57N5O18S5/c1-46(2)35-29-34(75(67,68)69)15-16-36(35)50(23-8-25-72(58,59)60)39(46)17-13-32-28-33(14-20-42-51(24-9-26-73(61,62)63)37-10-5-6-11-38(37)71-42)31-47(30-32,45(57)49-22-27-74(64,65)66)44(56)48-21-7-3-4-12-43(55)70-52-40(53)18-19-41(52)54/h5-6,10-11,13-17,20,28-29H,3-4,7-9,12,18-19,21-27,30-31H2,1-2H3,(H5-,48,49,56,57,58,59,60,61,62,63,64,65,66,67,68,69)/p+1. The number of unbranched alkanes of at least 4 members (excludes halogenated alkanes) is 2. The van der Waals surface area contributed by atoms with E-state index >= 15 is 0 Å².